The van der Waals surface area contributed by atoms with Gasteiger partial charge in [-0.25, -0.2) is 9.97 Å². The maximum absolute atomic E-state index is 5.69. The van der Waals surface area contributed by atoms with Crippen LogP contribution in [0.25, 0.3) is 0 Å². The van der Waals surface area contributed by atoms with Crippen LogP contribution in [-0.4, -0.2) is 27.5 Å². The largest absolute Gasteiger partial charge is 0.370 e. The first-order chi connectivity index (χ1) is 8.74. The quantitative estimate of drug-likeness (QED) is 0.622. The Balaban J connectivity index is 1.92. The van der Waals surface area contributed by atoms with Crippen LogP contribution in [-0.2, 0) is 0 Å². The van der Waals surface area contributed by atoms with Gasteiger partial charge in [-0.2, -0.15) is 0 Å². The van der Waals surface area contributed by atoms with E-state index in [0.29, 0.717) is 0 Å². The van der Waals surface area contributed by atoms with Gasteiger partial charge < -0.3 is 21.4 Å². The number of aromatic amines is 1. The summed E-state index contributed by atoms with van der Waals surface area (Å²) in [6.07, 6.45) is 4.29. The SMILES string of the molecule is CC(N)CCNc1cc(Nc2ccc[nH]2)ncn1. The van der Waals surface area contributed by atoms with Crippen LogP contribution in [0, 0.1) is 0 Å². The third-order valence-corrected chi connectivity index (χ3v) is 2.43. The topological polar surface area (TPSA) is 91.7 Å². The Morgan fingerprint density at radius 1 is 1.39 bits per heavy atom. The first-order valence-corrected chi connectivity index (χ1v) is 5.96. The van der Waals surface area contributed by atoms with Crippen molar-refractivity contribution in [3.63, 3.8) is 0 Å². The Kier molecular flexibility index (Phi) is 4.14. The number of nitrogens with one attached hydrogen (secondary N) is 3. The average molecular weight is 246 g/mol. The molecule has 2 heterocycles. The van der Waals surface area contributed by atoms with Gasteiger partial charge in [0, 0.05) is 24.8 Å². The van der Waals surface area contributed by atoms with Crippen molar-refractivity contribution in [2.45, 2.75) is 19.4 Å². The highest BCUT2D eigenvalue weighted by molar-refractivity contribution is 5.55. The molecule has 0 bridgehead atoms. The number of nitrogens with zero attached hydrogens (tertiary/aromatic N) is 2. The van der Waals surface area contributed by atoms with Gasteiger partial charge in [-0.3, -0.25) is 0 Å². The van der Waals surface area contributed by atoms with Gasteiger partial charge in [0.1, 0.15) is 23.8 Å². The second kappa shape index (κ2) is 6.02. The molecule has 0 aliphatic rings. The molecule has 0 spiro atoms. The maximum atomic E-state index is 5.69. The number of aromatic nitrogens is 3. The van der Waals surface area contributed by atoms with E-state index in [-0.39, 0.29) is 6.04 Å². The number of H-pyrrole nitrogens is 1. The van der Waals surface area contributed by atoms with E-state index in [4.69, 9.17) is 5.73 Å². The fraction of sp³-hybridized carbons (Fsp3) is 0.333. The van der Waals surface area contributed by atoms with Gasteiger partial charge >= 0.3 is 0 Å². The van der Waals surface area contributed by atoms with E-state index in [9.17, 15) is 0 Å². The molecule has 0 radical (unpaired) electrons. The molecule has 0 aliphatic carbocycles. The van der Waals surface area contributed by atoms with Gasteiger partial charge in [0.15, 0.2) is 0 Å². The fourth-order valence-electron chi connectivity index (χ4n) is 1.50. The molecule has 2 aromatic rings. The second-order valence-corrected chi connectivity index (χ2v) is 4.19. The van der Waals surface area contributed by atoms with Gasteiger partial charge in [0.2, 0.25) is 0 Å². The summed E-state index contributed by atoms with van der Waals surface area (Å²) >= 11 is 0. The highest BCUT2D eigenvalue weighted by Gasteiger charge is 2.00. The minimum Gasteiger partial charge on any atom is -0.370 e. The average Bonchev–Trinajstić information content (AvgIpc) is 2.82. The number of rotatable bonds is 6. The van der Waals surface area contributed by atoms with Crippen LogP contribution in [0.5, 0.6) is 0 Å². The van der Waals surface area contributed by atoms with E-state index < -0.39 is 0 Å². The second-order valence-electron chi connectivity index (χ2n) is 4.19. The van der Waals surface area contributed by atoms with E-state index in [1.54, 1.807) is 0 Å². The monoisotopic (exact) mass is 246 g/mol. The molecule has 6 heteroatoms. The summed E-state index contributed by atoms with van der Waals surface area (Å²) < 4.78 is 0. The Hall–Kier alpha value is -2.08. The molecule has 0 saturated carbocycles. The standard InChI is InChI=1S/C12H18N6/c1-9(13)4-6-15-11-7-12(17-8-16-11)18-10-3-2-5-14-10/h2-3,5,7-9,14H,4,6,13H2,1H3,(H2,15,16,17,18). The van der Waals surface area contributed by atoms with Crippen LogP contribution in [0.15, 0.2) is 30.7 Å². The van der Waals surface area contributed by atoms with Gasteiger partial charge in [0.25, 0.3) is 0 Å². The molecule has 0 aromatic carbocycles. The molecule has 0 saturated heterocycles. The van der Waals surface area contributed by atoms with E-state index in [0.717, 1.165) is 30.4 Å². The van der Waals surface area contributed by atoms with Crippen molar-refractivity contribution in [3.05, 3.63) is 30.7 Å². The predicted molar refractivity (Wildman–Crippen MR) is 72.9 cm³/mol. The van der Waals surface area contributed by atoms with Crippen molar-refractivity contribution in [1.29, 1.82) is 0 Å². The van der Waals surface area contributed by atoms with Crippen LogP contribution in [0.2, 0.25) is 0 Å². The van der Waals surface area contributed by atoms with Crippen LogP contribution in [0.4, 0.5) is 17.5 Å². The molecule has 2 aromatic heterocycles. The lowest BCUT2D eigenvalue weighted by Gasteiger charge is -2.09. The summed E-state index contributed by atoms with van der Waals surface area (Å²) in [5.41, 5.74) is 5.69. The van der Waals surface area contributed by atoms with Crippen molar-refractivity contribution in [3.8, 4) is 0 Å². The van der Waals surface area contributed by atoms with Crippen molar-refractivity contribution >= 4 is 17.5 Å². The molecule has 1 atom stereocenters. The molecule has 18 heavy (non-hydrogen) atoms. The molecule has 2 rings (SSSR count). The van der Waals surface area contributed by atoms with Gasteiger partial charge in [-0.1, -0.05) is 0 Å². The van der Waals surface area contributed by atoms with Crippen molar-refractivity contribution < 1.29 is 0 Å². The zero-order chi connectivity index (χ0) is 12.8. The minimum absolute atomic E-state index is 0.191. The molecule has 1 unspecified atom stereocenters. The first kappa shape index (κ1) is 12.4. The summed E-state index contributed by atoms with van der Waals surface area (Å²) in [5, 5.41) is 6.37. The van der Waals surface area contributed by atoms with Gasteiger partial charge in [0.05, 0.1) is 0 Å². The van der Waals surface area contributed by atoms with E-state index in [1.165, 1.54) is 6.33 Å². The number of nitrogens with two attached hydrogens (primary N) is 1. The van der Waals surface area contributed by atoms with Crippen LogP contribution in [0.3, 0.4) is 0 Å². The molecular weight excluding hydrogens is 228 g/mol. The molecule has 96 valence electrons. The van der Waals surface area contributed by atoms with Gasteiger partial charge in [-0.15, -0.1) is 0 Å². The van der Waals surface area contributed by atoms with Crippen LogP contribution < -0.4 is 16.4 Å². The summed E-state index contributed by atoms with van der Waals surface area (Å²) in [6, 6.07) is 5.91. The molecule has 0 amide bonds. The predicted octanol–water partition coefficient (Wildman–Crippen LogP) is 1.70. The summed E-state index contributed by atoms with van der Waals surface area (Å²) in [7, 11) is 0. The van der Waals surface area contributed by atoms with Crippen LogP contribution in [0.1, 0.15) is 13.3 Å². The molecule has 6 nitrogen and oxygen atoms in total. The Labute approximate surface area is 106 Å². The summed E-state index contributed by atoms with van der Waals surface area (Å²) in [4.78, 5) is 11.4. The van der Waals surface area contributed by atoms with Crippen molar-refractivity contribution in [2.75, 3.05) is 17.2 Å². The zero-order valence-corrected chi connectivity index (χ0v) is 10.4. The third kappa shape index (κ3) is 3.74. The lowest BCUT2D eigenvalue weighted by molar-refractivity contribution is 0.689. The zero-order valence-electron chi connectivity index (χ0n) is 10.4. The van der Waals surface area contributed by atoms with Crippen molar-refractivity contribution in [1.82, 2.24) is 15.0 Å². The van der Waals surface area contributed by atoms with Gasteiger partial charge in [-0.05, 0) is 25.5 Å². The lowest BCUT2D eigenvalue weighted by Crippen LogP contribution is -2.19. The lowest BCUT2D eigenvalue weighted by atomic mass is 10.2. The van der Waals surface area contributed by atoms with E-state index in [2.05, 4.69) is 25.6 Å². The highest BCUT2D eigenvalue weighted by atomic mass is 15.1. The Bertz CT molecular complexity index is 465. The molecule has 0 fully saturated rings. The number of anilines is 3. The Morgan fingerprint density at radius 3 is 2.94 bits per heavy atom. The number of hydrogen-bond acceptors (Lipinski definition) is 5. The maximum Gasteiger partial charge on any atom is 0.136 e. The third-order valence-electron chi connectivity index (χ3n) is 2.43. The highest BCUT2D eigenvalue weighted by Crippen LogP contribution is 2.13. The van der Waals surface area contributed by atoms with Crippen molar-refractivity contribution in [2.24, 2.45) is 5.73 Å². The van der Waals surface area contributed by atoms with E-state index >= 15 is 0 Å². The summed E-state index contributed by atoms with van der Waals surface area (Å²) in [6.45, 7) is 2.79. The fourth-order valence-corrected chi connectivity index (χ4v) is 1.50. The molecular formula is C12H18N6. The van der Waals surface area contributed by atoms with E-state index in [1.807, 2.05) is 31.3 Å². The summed E-state index contributed by atoms with van der Waals surface area (Å²) in [5.74, 6) is 2.44. The molecule has 0 aliphatic heterocycles. The number of hydrogen-bond donors (Lipinski definition) is 4. The minimum atomic E-state index is 0.191. The van der Waals surface area contributed by atoms with Crippen LogP contribution >= 0.6 is 0 Å². The smallest absolute Gasteiger partial charge is 0.136 e. The molecule has 5 N–H and O–H groups in total. The first-order valence-electron chi connectivity index (χ1n) is 5.96. The Morgan fingerprint density at radius 2 is 2.22 bits per heavy atom. The normalized spacial score (nSPS) is 12.1.